The van der Waals surface area contributed by atoms with Gasteiger partial charge in [-0.25, -0.2) is 0 Å². The Hall–Kier alpha value is -0.120. The van der Waals surface area contributed by atoms with Gasteiger partial charge in [-0.15, -0.1) is 0 Å². The molecule has 3 heteroatoms. The summed E-state index contributed by atoms with van der Waals surface area (Å²) in [6.45, 7) is 2.64. The molecule has 0 aromatic heterocycles. The van der Waals surface area contributed by atoms with Crippen LogP contribution < -0.4 is 11.1 Å². The minimum absolute atomic E-state index is 0.0268. The summed E-state index contributed by atoms with van der Waals surface area (Å²) in [5, 5.41) is 14.2. The quantitative estimate of drug-likeness (QED) is 0.640. The predicted molar refractivity (Wildman–Crippen MR) is 61.6 cm³/mol. The van der Waals surface area contributed by atoms with Crippen LogP contribution in [-0.4, -0.2) is 30.3 Å². The Labute approximate surface area is 92.4 Å². The summed E-state index contributed by atoms with van der Waals surface area (Å²) in [5.74, 6) is 0. The van der Waals surface area contributed by atoms with E-state index >= 15 is 0 Å². The Morgan fingerprint density at radius 2 is 1.73 bits per heavy atom. The van der Waals surface area contributed by atoms with Crippen LogP contribution in [0.4, 0.5) is 0 Å². The van der Waals surface area contributed by atoms with E-state index < -0.39 is 5.60 Å². The lowest BCUT2D eigenvalue weighted by atomic mass is 9.67. The molecule has 1 aliphatic carbocycles. The molecule has 0 aromatic carbocycles. The third-order valence-corrected chi connectivity index (χ3v) is 4.60. The van der Waals surface area contributed by atoms with Gasteiger partial charge in [0.15, 0.2) is 0 Å². The van der Waals surface area contributed by atoms with Gasteiger partial charge in [-0.05, 0) is 45.2 Å². The number of hydrogen-bond donors (Lipinski definition) is 3. The van der Waals surface area contributed by atoms with E-state index in [1.54, 1.807) is 0 Å². The minimum Gasteiger partial charge on any atom is -0.389 e. The summed E-state index contributed by atoms with van der Waals surface area (Å²) < 4.78 is 0. The third kappa shape index (κ3) is 1.93. The lowest BCUT2D eigenvalue weighted by Crippen LogP contribution is -2.51. The maximum atomic E-state index is 10.9. The minimum atomic E-state index is -0.498. The van der Waals surface area contributed by atoms with Crippen LogP contribution in [0.3, 0.4) is 0 Å². The van der Waals surface area contributed by atoms with Crippen LogP contribution in [0.25, 0.3) is 0 Å². The van der Waals surface area contributed by atoms with Crippen LogP contribution in [0.15, 0.2) is 0 Å². The second kappa shape index (κ2) is 4.40. The summed E-state index contributed by atoms with van der Waals surface area (Å²) >= 11 is 0. The molecule has 0 bridgehead atoms. The van der Waals surface area contributed by atoms with Crippen molar-refractivity contribution in [3.05, 3.63) is 0 Å². The fourth-order valence-electron chi connectivity index (χ4n) is 3.49. The highest BCUT2D eigenvalue weighted by atomic mass is 16.3. The van der Waals surface area contributed by atoms with Crippen molar-refractivity contribution in [1.29, 1.82) is 0 Å². The molecule has 1 aliphatic heterocycles. The Kier molecular flexibility index (Phi) is 3.33. The highest BCUT2D eigenvalue weighted by Crippen LogP contribution is 2.49. The van der Waals surface area contributed by atoms with Crippen molar-refractivity contribution in [2.45, 2.75) is 50.5 Å². The van der Waals surface area contributed by atoms with E-state index in [2.05, 4.69) is 5.32 Å². The number of nitrogens with one attached hydrogen (secondary N) is 1. The Morgan fingerprint density at radius 3 is 2.40 bits per heavy atom. The number of aliphatic hydroxyl groups is 1. The molecule has 88 valence electrons. The van der Waals surface area contributed by atoms with Gasteiger partial charge in [-0.2, -0.15) is 0 Å². The van der Waals surface area contributed by atoms with Gasteiger partial charge in [0.1, 0.15) is 0 Å². The SMILES string of the molecule is NCC1(C2(O)CCCNCC2)CCCC1. The molecule has 0 aromatic rings. The van der Waals surface area contributed by atoms with E-state index in [0.29, 0.717) is 6.54 Å². The summed E-state index contributed by atoms with van der Waals surface area (Å²) in [6.07, 6.45) is 7.62. The van der Waals surface area contributed by atoms with Gasteiger partial charge in [0.2, 0.25) is 0 Å². The van der Waals surface area contributed by atoms with Crippen molar-refractivity contribution in [3.8, 4) is 0 Å². The molecule has 4 N–H and O–H groups in total. The van der Waals surface area contributed by atoms with Crippen LogP contribution in [-0.2, 0) is 0 Å². The van der Waals surface area contributed by atoms with E-state index in [1.807, 2.05) is 0 Å². The molecule has 15 heavy (non-hydrogen) atoms. The second-order valence-corrected chi connectivity index (χ2v) is 5.33. The Balaban J connectivity index is 2.16. The zero-order valence-electron chi connectivity index (χ0n) is 9.60. The molecule has 0 radical (unpaired) electrons. The summed E-state index contributed by atoms with van der Waals surface area (Å²) in [4.78, 5) is 0. The normalized spacial score (nSPS) is 36.4. The third-order valence-electron chi connectivity index (χ3n) is 4.60. The van der Waals surface area contributed by atoms with Crippen molar-refractivity contribution in [2.75, 3.05) is 19.6 Å². The summed E-state index contributed by atoms with van der Waals surface area (Å²) in [7, 11) is 0. The van der Waals surface area contributed by atoms with Gasteiger partial charge in [-0.1, -0.05) is 12.8 Å². The average Bonchev–Trinajstić information content (AvgIpc) is 2.64. The van der Waals surface area contributed by atoms with Gasteiger partial charge < -0.3 is 16.2 Å². The predicted octanol–water partition coefficient (Wildman–Crippen LogP) is 1.01. The van der Waals surface area contributed by atoms with Crippen molar-refractivity contribution in [2.24, 2.45) is 11.1 Å². The highest BCUT2D eigenvalue weighted by Gasteiger charge is 2.50. The first-order chi connectivity index (χ1) is 7.22. The molecule has 0 amide bonds. The second-order valence-electron chi connectivity index (χ2n) is 5.33. The van der Waals surface area contributed by atoms with E-state index in [4.69, 9.17) is 5.73 Å². The maximum absolute atomic E-state index is 10.9. The van der Waals surface area contributed by atoms with Gasteiger partial charge in [0.25, 0.3) is 0 Å². The van der Waals surface area contributed by atoms with Gasteiger partial charge in [0, 0.05) is 12.0 Å². The van der Waals surface area contributed by atoms with Crippen molar-refractivity contribution in [3.63, 3.8) is 0 Å². The van der Waals surface area contributed by atoms with Crippen LogP contribution in [0, 0.1) is 5.41 Å². The van der Waals surface area contributed by atoms with Crippen LogP contribution >= 0.6 is 0 Å². The summed E-state index contributed by atoms with van der Waals surface area (Å²) in [5.41, 5.74) is 5.48. The van der Waals surface area contributed by atoms with Gasteiger partial charge in [0.05, 0.1) is 5.60 Å². The fourth-order valence-corrected chi connectivity index (χ4v) is 3.49. The largest absolute Gasteiger partial charge is 0.389 e. The summed E-state index contributed by atoms with van der Waals surface area (Å²) in [6, 6.07) is 0. The monoisotopic (exact) mass is 212 g/mol. The van der Waals surface area contributed by atoms with Crippen LogP contribution in [0.1, 0.15) is 44.9 Å². The molecule has 2 fully saturated rings. The zero-order chi connectivity index (χ0) is 10.8. The first-order valence-corrected chi connectivity index (χ1v) is 6.36. The molecule has 0 spiro atoms. The molecule has 2 rings (SSSR count). The first-order valence-electron chi connectivity index (χ1n) is 6.36. The molecular formula is C12H24N2O. The van der Waals surface area contributed by atoms with Crippen molar-refractivity contribution in [1.82, 2.24) is 5.32 Å². The lowest BCUT2D eigenvalue weighted by molar-refractivity contribution is -0.0869. The van der Waals surface area contributed by atoms with E-state index in [9.17, 15) is 5.11 Å². The highest BCUT2D eigenvalue weighted by molar-refractivity contribution is 5.03. The topological polar surface area (TPSA) is 58.3 Å². The van der Waals surface area contributed by atoms with Crippen LogP contribution in [0.2, 0.25) is 0 Å². The molecule has 3 nitrogen and oxygen atoms in total. The van der Waals surface area contributed by atoms with E-state index in [0.717, 1.165) is 45.2 Å². The molecule has 2 aliphatic rings. The van der Waals surface area contributed by atoms with Gasteiger partial charge in [-0.3, -0.25) is 0 Å². The number of rotatable bonds is 2. The molecule has 1 atom stereocenters. The first kappa shape index (κ1) is 11.4. The molecular weight excluding hydrogens is 188 g/mol. The molecule has 1 saturated carbocycles. The van der Waals surface area contributed by atoms with Crippen LogP contribution in [0.5, 0.6) is 0 Å². The molecule has 1 saturated heterocycles. The standard InChI is InChI=1S/C12H24N2O/c13-10-11(4-1-2-5-11)12(15)6-3-8-14-9-7-12/h14-15H,1-10,13H2. The number of nitrogens with two attached hydrogens (primary N) is 1. The van der Waals surface area contributed by atoms with Gasteiger partial charge >= 0.3 is 0 Å². The molecule has 1 heterocycles. The number of hydrogen-bond acceptors (Lipinski definition) is 3. The van der Waals surface area contributed by atoms with Crippen molar-refractivity contribution >= 4 is 0 Å². The fraction of sp³-hybridized carbons (Fsp3) is 1.00. The van der Waals surface area contributed by atoms with E-state index in [-0.39, 0.29) is 5.41 Å². The Morgan fingerprint density at radius 1 is 1.00 bits per heavy atom. The maximum Gasteiger partial charge on any atom is 0.0728 e. The van der Waals surface area contributed by atoms with Crippen molar-refractivity contribution < 1.29 is 5.11 Å². The smallest absolute Gasteiger partial charge is 0.0728 e. The lowest BCUT2D eigenvalue weighted by Gasteiger charge is -2.44. The van der Waals surface area contributed by atoms with E-state index in [1.165, 1.54) is 12.8 Å². The molecule has 1 unspecified atom stereocenters. The average molecular weight is 212 g/mol. The Bertz CT molecular complexity index is 204. The zero-order valence-corrected chi connectivity index (χ0v) is 9.60.